The van der Waals surface area contributed by atoms with Crippen LogP contribution in [0.1, 0.15) is 18.9 Å². The number of benzene rings is 1. The Labute approximate surface area is 84.7 Å². The number of hydrogen-bond acceptors (Lipinski definition) is 3. The number of nitrogens with one attached hydrogen (secondary N) is 1. The monoisotopic (exact) mass is 195 g/mol. The number of rotatable bonds is 6. The highest BCUT2D eigenvalue weighted by atomic mass is 16.6. The second-order valence-corrected chi connectivity index (χ2v) is 3.10. The molecule has 3 nitrogen and oxygen atoms in total. The lowest BCUT2D eigenvalue weighted by atomic mass is 10.2. The second-order valence-electron chi connectivity index (χ2n) is 3.10. The Morgan fingerprint density at radius 2 is 2.07 bits per heavy atom. The average Bonchev–Trinajstić information content (AvgIpc) is 2.25. The molecule has 1 atom stereocenters. The maximum absolute atomic E-state index is 9.31. The molecule has 0 aromatic heterocycles. The lowest BCUT2D eigenvalue weighted by molar-refractivity contribution is -0.128. The molecule has 0 spiro atoms. The van der Waals surface area contributed by atoms with E-state index in [0.717, 1.165) is 18.5 Å². The summed E-state index contributed by atoms with van der Waals surface area (Å²) in [6, 6.07) is 9.78. The molecule has 0 heterocycles. The van der Waals surface area contributed by atoms with E-state index in [1.54, 1.807) is 0 Å². The highest BCUT2D eigenvalue weighted by Gasteiger charge is 2.01. The highest BCUT2D eigenvalue weighted by Crippen LogP contribution is 2.01. The Kier molecular flexibility index (Phi) is 5.22. The van der Waals surface area contributed by atoms with Crippen LogP contribution in [0.2, 0.25) is 0 Å². The van der Waals surface area contributed by atoms with Gasteiger partial charge in [-0.05, 0) is 18.5 Å². The van der Waals surface area contributed by atoms with Crippen LogP contribution in [0, 0.1) is 0 Å². The zero-order valence-corrected chi connectivity index (χ0v) is 8.44. The maximum Gasteiger partial charge on any atom is 0.213 e. The van der Waals surface area contributed by atoms with Gasteiger partial charge in [0.1, 0.15) is 0 Å². The van der Waals surface area contributed by atoms with Crippen LogP contribution in [0.3, 0.4) is 0 Å². The van der Waals surface area contributed by atoms with Gasteiger partial charge in [0, 0.05) is 0 Å². The molecule has 78 valence electrons. The van der Waals surface area contributed by atoms with Gasteiger partial charge in [0.05, 0.1) is 6.61 Å². The molecule has 1 aromatic rings. The van der Waals surface area contributed by atoms with Crippen molar-refractivity contribution in [3.8, 4) is 0 Å². The molecule has 1 unspecified atom stereocenters. The van der Waals surface area contributed by atoms with Crippen LogP contribution in [-0.2, 0) is 11.3 Å². The summed E-state index contributed by atoms with van der Waals surface area (Å²) in [5, 5.41) is 12.1. The number of aliphatic hydroxyl groups is 1. The van der Waals surface area contributed by atoms with Gasteiger partial charge in [-0.25, -0.2) is 0 Å². The zero-order valence-electron chi connectivity index (χ0n) is 8.44. The lowest BCUT2D eigenvalue weighted by Crippen LogP contribution is -2.31. The van der Waals surface area contributed by atoms with Gasteiger partial charge in [-0.3, -0.25) is 5.32 Å². The molecule has 0 aliphatic heterocycles. The first-order valence-corrected chi connectivity index (χ1v) is 4.90. The van der Waals surface area contributed by atoms with Crippen molar-refractivity contribution in [3.05, 3.63) is 35.9 Å². The summed E-state index contributed by atoms with van der Waals surface area (Å²) in [6.07, 6.45) is 0.112. The SMILES string of the molecule is CCCNC(O)OCc1ccccc1. The molecule has 0 amide bonds. The van der Waals surface area contributed by atoms with E-state index in [-0.39, 0.29) is 0 Å². The predicted molar refractivity (Wildman–Crippen MR) is 55.5 cm³/mol. The van der Waals surface area contributed by atoms with E-state index in [2.05, 4.69) is 5.32 Å². The summed E-state index contributed by atoms with van der Waals surface area (Å²) in [7, 11) is 0. The van der Waals surface area contributed by atoms with Crippen molar-refractivity contribution in [2.45, 2.75) is 26.4 Å². The summed E-state index contributed by atoms with van der Waals surface area (Å²) < 4.78 is 5.17. The van der Waals surface area contributed by atoms with Crippen LogP contribution in [0.4, 0.5) is 0 Å². The Morgan fingerprint density at radius 3 is 2.71 bits per heavy atom. The van der Waals surface area contributed by atoms with Gasteiger partial charge < -0.3 is 9.84 Å². The standard InChI is InChI=1S/C11H17NO2/c1-2-8-12-11(13)14-9-10-6-4-3-5-7-10/h3-7,11-13H,2,8-9H2,1H3. The van der Waals surface area contributed by atoms with E-state index >= 15 is 0 Å². The average molecular weight is 195 g/mol. The Hall–Kier alpha value is -0.900. The first kappa shape index (κ1) is 11.2. The molecule has 0 radical (unpaired) electrons. The van der Waals surface area contributed by atoms with Crippen LogP contribution >= 0.6 is 0 Å². The van der Waals surface area contributed by atoms with E-state index in [9.17, 15) is 5.11 Å². The van der Waals surface area contributed by atoms with Gasteiger partial charge >= 0.3 is 0 Å². The summed E-state index contributed by atoms with van der Waals surface area (Å²) in [6.45, 7) is 3.23. The zero-order chi connectivity index (χ0) is 10.2. The maximum atomic E-state index is 9.31. The van der Waals surface area contributed by atoms with Gasteiger partial charge in [0.2, 0.25) is 6.41 Å². The van der Waals surface area contributed by atoms with Gasteiger partial charge in [0.25, 0.3) is 0 Å². The largest absolute Gasteiger partial charge is 0.356 e. The first-order valence-electron chi connectivity index (χ1n) is 4.90. The minimum atomic E-state index is -0.866. The molecule has 0 bridgehead atoms. The van der Waals surface area contributed by atoms with Crippen molar-refractivity contribution in [2.75, 3.05) is 6.54 Å². The topological polar surface area (TPSA) is 41.5 Å². The van der Waals surface area contributed by atoms with E-state index in [1.165, 1.54) is 0 Å². The molecule has 1 aromatic carbocycles. The molecule has 0 saturated heterocycles. The van der Waals surface area contributed by atoms with E-state index in [4.69, 9.17) is 4.74 Å². The third kappa shape index (κ3) is 4.37. The van der Waals surface area contributed by atoms with Crippen molar-refractivity contribution in [1.82, 2.24) is 5.32 Å². The number of aliphatic hydroxyl groups excluding tert-OH is 1. The van der Waals surface area contributed by atoms with Crippen molar-refractivity contribution in [2.24, 2.45) is 0 Å². The molecule has 1 rings (SSSR count). The summed E-state index contributed by atoms with van der Waals surface area (Å²) in [5.41, 5.74) is 1.06. The minimum absolute atomic E-state index is 0.429. The van der Waals surface area contributed by atoms with E-state index in [1.807, 2.05) is 37.3 Å². The highest BCUT2D eigenvalue weighted by molar-refractivity contribution is 5.13. The van der Waals surface area contributed by atoms with Crippen LogP contribution in [0.5, 0.6) is 0 Å². The van der Waals surface area contributed by atoms with Crippen molar-refractivity contribution < 1.29 is 9.84 Å². The molecule has 0 fully saturated rings. The molecule has 2 N–H and O–H groups in total. The lowest BCUT2D eigenvalue weighted by Gasteiger charge is -2.12. The molecule has 14 heavy (non-hydrogen) atoms. The van der Waals surface area contributed by atoms with Gasteiger partial charge in [-0.1, -0.05) is 37.3 Å². The summed E-state index contributed by atoms with van der Waals surface area (Å²) >= 11 is 0. The smallest absolute Gasteiger partial charge is 0.213 e. The molecular weight excluding hydrogens is 178 g/mol. The minimum Gasteiger partial charge on any atom is -0.356 e. The van der Waals surface area contributed by atoms with Crippen LogP contribution < -0.4 is 5.32 Å². The first-order chi connectivity index (χ1) is 6.83. The van der Waals surface area contributed by atoms with Gasteiger partial charge in [-0.2, -0.15) is 0 Å². The van der Waals surface area contributed by atoms with Crippen molar-refractivity contribution in [1.29, 1.82) is 0 Å². The fraction of sp³-hybridized carbons (Fsp3) is 0.455. The summed E-state index contributed by atoms with van der Waals surface area (Å²) in [4.78, 5) is 0. The van der Waals surface area contributed by atoms with E-state index in [0.29, 0.717) is 6.61 Å². The van der Waals surface area contributed by atoms with Crippen LogP contribution in [0.25, 0.3) is 0 Å². The Bertz CT molecular complexity index is 238. The van der Waals surface area contributed by atoms with Crippen LogP contribution in [0.15, 0.2) is 30.3 Å². The number of hydrogen-bond donors (Lipinski definition) is 2. The van der Waals surface area contributed by atoms with Crippen molar-refractivity contribution in [3.63, 3.8) is 0 Å². The normalized spacial score (nSPS) is 12.7. The summed E-state index contributed by atoms with van der Waals surface area (Å²) in [5.74, 6) is 0. The third-order valence-electron chi connectivity index (χ3n) is 1.82. The van der Waals surface area contributed by atoms with Gasteiger partial charge in [-0.15, -0.1) is 0 Å². The Balaban J connectivity index is 2.20. The molecule has 0 aliphatic carbocycles. The second kappa shape index (κ2) is 6.54. The third-order valence-corrected chi connectivity index (χ3v) is 1.82. The van der Waals surface area contributed by atoms with E-state index < -0.39 is 6.41 Å². The Morgan fingerprint density at radius 1 is 1.36 bits per heavy atom. The van der Waals surface area contributed by atoms with Crippen molar-refractivity contribution >= 4 is 0 Å². The molecular formula is C11H17NO2. The van der Waals surface area contributed by atoms with Gasteiger partial charge in [0.15, 0.2) is 0 Å². The quantitative estimate of drug-likeness (QED) is 0.675. The fourth-order valence-electron chi connectivity index (χ4n) is 1.08. The molecule has 3 heteroatoms. The fourth-order valence-corrected chi connectivity index (χ4v) is 1.08. The molecule has 0 aliphatic rings. The molecule has 0 saturated carbocycles. The number of ether oxygens (including phenoxy) is 1. The van der Waals surface area contributed by atoms with Crippen LogP contribution in [-0.4, -0.2) is 18.1 Å². The predicted octanol–water partition coefficient (Wildman–Crippen LogP) is 1.48.